The molecule has 3 rings (SSSR count). The van der Waals surface area contributed by atoms with Crippen molar-refractivity contribution in [2.45, 2.75) is 119 Å². The van der Waals surface area contributed by atoms with Gasteiger partial charge in [-0.25, -0.2) is 4.98 Å². The second-order valence-electron chi connectivity index (χ2n) is 11.3. The Morgan fingerprint density at radius 2 is 0.841 bits per heavy atom. The number of halogens is 3. The quantitative estimate of drug-likeness (QED) is 0.204. The number of hydrogen-bond acceptors (Lipinski definition) is 3. The summed E-state index contributed by atoms with van der Waals surface area (Å²) in [5, 5.41) is 0. The molecular formula is C37H51Cl3N3Nd. The number of nitrogens with zero attached hydrogens (tertiary/aromatic N) is 3. The smallest absolute Gasteiger partial charge is 1.00 e. The molecule has 7 heteroatoms. The summed E-state index contributed by atoms with van der Waals surface area (Å²) in [6.07, 6.45) is 17.6. The average Bonchev–Trinajstić information content (AvgIpc) is 2.95. The third-order valence-corrected chi connectivity index (χ3v) is 7.47. The molecule has 0 unspecified atom stereocenters. The molecule has 1 heterocycles. The summed E-state index contributed by atoms with van der Waals surface area (Å²) in [6.45, 7) is 13.4. The molecule has 1 aromatic heterocycles. The topological polar surface area (TPSA) is 37.6 Å². The van der Waals surface area contributed by atoms with E-state index in [9.17, 15) is 0 Å². The molecule has 0 aliphatic heterocycles. The van der Waals surface area contributed by atoms with Crippen LogP contribution < -0.4 is 37.2 Å². The van der Waals surface area contributed by atoms with Gasteiger partial charge in [0.25, 0.3) is 0 Å². The molecule has 0 N–H and O–H groups in total. The van der Waals surface area contributed by atoms with Gasteiger partial charge in [-0.1, -0.05) is 94.8 Å². The number of benzene rings is 2. The number of aromatic nitrogens is 1. The molecule has 3 aromatic rings. The van der Waals surface area contributed by atoms with Crippen molar-refractivity contribution < 1.29 is 78.1 Å². The SMILES string of the molecule is CCCCc1cc(C)cc(CCCC)c1N=Cc1cccc(C=Nc2c(CCCC)cc(C)cc2CCCC)n1.[Cl-].[Cl-].[Cl-].[Nd+3]. The van der Waals surface area contributed by atoms with E-state index in [2.05, 4.69) is 71.9 Å². The number of rotatable bonds is 16. The first-order valence-corrected chi connectivity index (χ1v) is 15.8. The van der Waals surface area contributed by atoms with Crippen LogP contribution in [0.25, 0.3) is 0 Å². The molecule has 0 spiro atoms. The molecule has 44 heavy (non-hydrogen) atoms. The third-order valence-electron chi connectivity index (χ3n) is 7.47. The van der Waals surface area contributed by atoms with Gasteiger partial charge in [0, 0.05) is 0 Å². The number of aryl methyl sites for hydroxylation is 6. The molecule has 1 radical (unpaired) electrons. The molecule has 0 saturated carbocycles. The zero-order valence-corrected chi connectivity index (χ0v) is 33.1. The van der Waals surface area contributed by atoms with Crippen molar-refractivity contribution in [3.05, 3.63) is 87.2 Å². The fourth-order valence-corrected chi connectivity index (χ4v) is 5.31. The minimum atomic E-state index is 0. The Hall–Kier alpha value is -0.849. The van der Waals surface area contributed by atoms with Crippen molar-refractivity contribution >= 4 is 23.8 Å². The largest absolute Gasteiger partial charge is 3.00 e. The Balaban J connectivity index is 0. The van der Waals surface area contributed by atoms with E-state index >= 15 is 0 Å². The maximum atomic E-state index is 5.06. The summed E-state index contributed by atoms with van der Waals surface area (Å²) >= 11 is 0. The van der Waals surface area contributed by atoms with E-state index in [0.29, 0.717) is 0 Å². The van der Waals surface area contributed by atoms with E-state index in [1.165, 1.54) is 84.7 Å². The normalized spacial score (nSPS) is 10.7. The monoisotopic (exact) mass is 784 g/mol. The summed E-state index contributed by atoms with van der Waals surface area (Å²) in [7, 11) is 0. The standard InChI is InChI=1S/C37H51N3.3ClH.Nd/c1-7-11-16-30-22-28(5)23-31(17-12-8-2)36(30)38-26-34-20-15-21-35(40-34)27-39-37-32(18-13-9-3)24-29(6)25-33(37)19-14-10-4;;;;/h15,20-27H,7-14,16-19H2,1-6H3;3*1H;/q;;;;+3/p-3. The van der Waals surface area contributed by atoms with Crippen molar-refractivity contribution in [3.8, 4) is 0 Å². The summed E-state index contributed by atoms with van der Waals surface area (Å²) in [5.74, 6) is 0. The number of unbranched alkanes of at least 4 members (excludes halogenated alkanes) is 4. The zero-order chi connectivity index (χ0) is 28.7. The first-order valence-electron chi connectivity index (χ1n) is 15.8. The van der Waals surface area contributed by atoms with Gasteiger partial charge in [0.15, 0.2) is 0 Å². The van der Waals surface area contributed by atoms with Crippen LogP contribution in [0.15, 0.2) is 52.4 Å². The molecule has 2 aromatic carbocycles. The van der Waals surface area contributed by atoms with Crippen molar-refractivity contribution in [3.63, 3.8) is 0 Å². The number of aliphatic imine (C=N–C) groups is 2. The maximum Gasteiger partial charge on any atom is 3.00 e. The van der Waals surface area contributed by atoms with E-state index in [1.807, 2.05) is 24.6 Å². The van der Waals surface area contributed by atoms with Crippen LogP contribution in [0.3, 0.4) is 0 Å². The Morgan fingerprint density at radius 3 is 1.11 bits per heavy atom. The predicted molar refractivity (Wildman–Crippen MR) is 176 cm³/mol. The minimum Gasteiger partial charge on any atom is -1.00 e. The van der Waals surface area contributed by atoms with Crippen LogP contribution in [-0.4, -0.2) is 17.4 Å². The Kier molecular flexibility index (Phi) is 26.0. The molecule has 239 valence electrons. The van der Waals surface area contributed by atoms with Gasteiger partial charge in [0.2, 0.25) is 0 Å². The number of hydrogen-bond donors (Lipinski definition) is 0. The van der Waals surface area contributed by atoms with Gasteiger partial charge in [0.1, 0.15) is 0 Å². The second kappa shape index (κ2) is 25.3. The fraction of sp³-hybridized carbons (Fsp3) is 0.486. The van der Waals surface area contributed by atoms with Gasteiger partial charge in [-0.15, -0.1) is 0 Å². The van der Waals surface area contributed by atoms with Gasteiger partial charge >= 0.3 is 40.8 Å². The molecule has 0 atom stereocenters. The molecule has 0 amide bonds. The predicted octanol–water partition coefficient (Wildman–Crippen LogP) is 1.58. The first kappa shape index (κ1) is 45.3. The van der Waals surface area contributed by atoms with Crippen LogP contribution in [0.4, 0.5) is 11.4 Å². The fourth-order valence-electron chi connectivity index (χ4n) is 5.31. The van der Waals surface area contributed by atoms with Crippen LogP contribution >= 0.6 is 0 Å². The molecule has 0 saturated heterocycles. The van der Waals surface area contributed by atoms with E-state index in [1.54, 1.807) is 0 Å². The maximum absolute atomic E-state index is 5.06. The van der Waals surface area contributed by atoms with Gasteiger partial charge < -0.3 is 37.2 Å². The Labute approximate surface area is 319 Å². The second-order valence-corrected chi connectivity index (χ2v) is 11.3. The van der Waals surface area contributed by atoms with E-state index < -0.39 is 0 Å². The molecule has 0 aliphatic rings. The Bertz CT molecular complexity index is 1140. The molecular weight excluding hydrogens is 737 g/mol. The van der Waals surface area contributed by atoms with Crippen molar-refractivity contribution in [1.82, 2.24) is 4.98 Å². The number of pyridine rings is 1. The van der Waals surface area contributed by atoms with E-state index in [-0.39, 0.29) is 78.1 Å². The van der Waals surface area contributed by atoms with Crippen LogP contribution in [0.5, 0.6) is 0 Å². The minimum absolute atomic E-state index is 0. The van der Waals surface area contributed by atoms with Crippen LogP contribution in [0.1, 0.15) is 124 Å². The van der Waals surface area contributed by atoms with Crippen LogP contribution in [0, 0.1) is 54.7 Å². The van der Waals surface area contributed by atoms with Gasteiger partial charge in [-0.3, -0.25) is 9.98 Å². The Morgan fingerprint density at radius 1 is 0.545 bits per heavy atom. The van der Waals surface area contributed by atoms with Gasteiger partial charge in [-0.2, -0.15) is 0 Å². The molecule has 0 bridgehead atoms. The summed E-state index contributed by atoms with van der Waals surface area (Å²) in [5.41, 5.74) is 12.1. The van der Waals surface area contributed by atoms with Crippen molar-refractivity contribution in [2.24, 2.45) is 9.98 Å². The van der Waals surface area contributed by atoms with E-state index in [4.69, 9.17) is 15.0 Å². The molecule has 3 nitrogen and oxygen atoms in total. The van der Waals surface area contributed by atoms with E-state index in [0.717, 1.165) is 48.4 Å². The zero-order valence-electron chi connectivity index (χ0n) is 27.7. The first-order chi connectivity index (χ1) is 19.5. The summed E-state index contributed by atoms with van der Waals surface area (Å²) in [6, 6.07) is 15.4. The summed E-state index contributed by atoms with van der Waals surface area (Å²) < 4.78 is 0. The average molecular weight is 788 g/mol. The molecule has 0 fully saturated rings. The van der Waals surface area contributed by atoms with Crippen molar-refractivity contribution in [2.75, 3.05) is 0 Å². The van der Waals surface area contributed by atoms with Crippen LogP contribution in [-0.2, 0) is 25.7 Å². The van der Waals surface area contributed by atoms with Gasteiger partial charge in [0.05, 0.1) is 35.2 Å². The molecule has 0 aliphatic carbocycles. The third kappa shape index (κ3) is 14.7. The summed E-state index contributed by atoms with van der Waals surface area (Å²) in [4.78, 5) is 15.0. The van der Waals surface area contributed by atoms with Gasteiger partial charge in [-0.05, 0) is 99.6 Å². The van der Waals surface area contributed by atoms with Crippen molar-refractivity contribution in [1.29, 1.82) is 0 Å². The van der Waals surface area contributed by atoms with Crippen LogP contribution in [0.2, 0.25) is 0 Å².